The SMILES string of the molecule is Cc1c(N)cc(S(=O)(=O)NCC(C)c2nccs2)cc1Cl. The van der Waals surface area contributed by atoms with E-state index >= 15 is 0 Å². The summed E-state index contributed by atoms with van der Waals surface area (Å²) in [5, 5.41) is 3.09. The molecule has 0 amide bonds. The number of hydrogen-bond acceptors (Lipinski definition) is 5. The molecule has 0 saturated carbocycles. The van der Waals surface area contributed by atoms with E-state index in [1.807, 2.05) is 12.3 Å². The van der Waals surface area contributed by atoms with Crippen LogP contribution in [0.2, 0.25) is 5.02 Å². The van der Waals surface area contributed by atoms with Gasteiger partial charge in [-0.15, -0.1) is 11.3 Å². The van der Waals surface area contributed by atoms with Crippen LogP contribution in [0.15, 0.2) is 28.6 Å². The molecular weight excluding hydrogens is 330 g/mol. The molecule has 8 heteroatoms. The number of nitrogen functional groups attached to an aromatic ring is 1. The molecule has 5 nitrogen and oxygen atoms in total. The van der Waals surface area contributed by atoms with Crippen molar-refractivity contribution in [2.75, 3.05) is 12.3 Å². The molecule has 0 aliphatic carbocycles. The first-order chi connectivity index (χ1) is 9.81. The van der Waals surface area contributed by atoms with Crippen LogP contribution in [0.5, 0.6) is 0 Å². The van der Waals surface area contributed by atoms with Crippen LogP contribution >= 0.6 is 22.9 Å². The molecule has 114 valence electrons. The number of hydrogen-bond donors (Lipinski definition) is 2. The van der Waals surface area contributed by atoms with Gasteiger partial charge in [-0.3, -0.25) is 0 Å². The van der Waals surface area contributed by atoms with Gasteiger partial charge in [-0.2, -0.15) is 0 Å². The molecule has 0 fully saturated rings. The van der Waals surface area contributed by atoms with Crippen molar-refractivity contribution < 1.29 is 8.42 Å². The molecule has 0 spiro atoms. The summed E-state index contributed by atoms with van der Waals surface area (Å²) in [5.41, 5.74) is 6.80. The van der Waals surface area contributed by atoms with Crippen molar-refractivity contribution in [3.8, 4) is 0 Å². The number of sulfonamides is 1. The van der Waals surface area contributed by atoms with E-state index in [1.54, 1.807) is 13.1 Å². The second kappa shape index (κ2) is 6.31. The molecule has 1 atom stereocenters. The topological polar surface area (TPSA) is 85.1 Å². The van der Waals surface area contributed by atoms with E-state index in [2.05, 4.69) is 9.71 Å². The zero-order valence-electron chi connectivity index (χ0n) is 11.6. The molecule has 0 radical (unpaired) electrons. The van der Waals surface area contributed by atoms with Crippen molar-refractivity contribution in [3.05, 3.63) is 39.3 Å². The highest BCUT2D eigenvalue weighted by molar-refractivity contribution is 7.89. The van der Waals surface area contributed by atoms with Crippen molar-refractivity contribution in [2.45, 2.75) is 24.7 Å². The van der Waals surface area contributed by atoms with Gasteiger partial charge in [0.15, 0.2) is 0 Å². The summed E-state index contributed by atoms with van der Waals surface area (Å²) >= 11 is 7.49. The van der Waals surface area contributed by atoms with Gasteiger partial charge in [-0.05, 0) is 24.6 Å². The third kappa shape index (κ3) is 3.74. The fraction of sp³-hybridized carbons (Fsp3) is 0.308. The largest absolute Gasteiger partial charge is 0.398 e. The summed E-state index contributed by atoms with van der Waals surface area (Å²) < 4.78 is 27.1. The Balaban J connectivity index is 2.15. The first kappa shape index (κ1) is 16.2. The van der Waals surface area contributed by atoms with E-state index in [1.165, 1.54) is 23.5 Å². The molecule has 2 aromatic rings. The highest BCUT2D eigenvalue weighted by atomic mass is 35.5. The Hall–Kier alpha value is -1.15. The van der Waals surface area contributed by atoms with E-state index in [4.69, 9.17) is 17.3 Å². The van der Waals surface area contributed by atoms with Crippen LogP contribution in [0, 0.1) is 6.92 Å². The van der Waals surface area contributed by atoms with E-state index < -0.39 is 10.0 Å². The second-order valence-corrected chi connectivity index (χ2v) is 7.84. The number of rotatable bonds is 5. The summed E-state index contributed by atoms with van der Waals surface area (Å²) in [4.78, 5) is 4.24. The zero-order valence-corrected chi connectivity index (χ0v) is 14.0. The molecule has 0 aliphatic heterocycles. The molecular formula is C13H16ClN3O2S2. The van der Waals surface area contributed by atoms with Gasteiger partial charge in [-0.25, -0.2) is 18.1 Å². The monoisotopic (exact) mass is 345 g/mol. The first-order valence-corrected chi connectivity index (χ1v) is 9.00. The van der Waals surface area contributed by atoms with Gasteiger partial charge < -0.3 is 5.73 Å². The quantitative estimate of drug-likeness (QED) is 0.816. The normalized spacial score (nSPS) is 13.3. The van der Waals surface area contributed by atoms with Crippen molar-refractivity contribution in [2.24, 2.45) is 0 Å². The smallest absolute Gasteiger partial charge is 0.240 e. The summed E-state index contributed by atoms with van der Waals surface area (Å²) in [6.07, 6.45) is 1.70. The molecule has 1 heterocycles. The lowest BCUT2D eigenvalue weighted by atomic mass is 10.2. The number of anilines is 1. The number of nitrogens with one attached hydrogen (secondary N) is 1. The van der Waals surface area contributed by atoms with Crippen molar-refractivity contribution in [1.82, 2.24) is 9.71 Å². The van der Waals surface area contributed by atoms with Gasteiger partial charge in [0.25, 0.3) is 0 Å². The first-order valence-electron chi connectivity index (χ1n) is 6.26. The molecule has 1 aromatic heterocycles. The van der Waals surface area contributed by atoms with Crippen LogP contribution < -0.4 is 10.5 Å². The van der Waals surface area contributed by atoms with Crippen LogP contribution in [0.25, 0.3) is 0 Å². The van der Waals surface area contributed by atoms with Gasteiger partial charge in [0.05, 0.1) is 9.90 Å². The van der Waals surface area contributed by atoms with Crippen LogP contribution in [0.4, 0.5) is 5.69 Å². The van der Waals surface area contributed by atoms with E-state index in [9.17, 15) is 8.42 Å². The van der Waals surface area contributed by atoms with Gasteiger partial charge in [0, 0.05) is 34.7 Å². The predicted octanol–water partition coefficient (Wildman–Crippen LogP) is 2.77. The van der Waals surface area contributed by atoms with Crippen LogP contribution in [-0.4, -0.2) is 19.9 Å². The Morgan fingerprint density at radius 3 is 2.76 bits per heavy atom. The molecule has 0 aliphatic rings. The number of aromatic nitrogens is 1. The molecule has 3 N–H and O–H groups in total. The zero-order chi connectivity index (χ0) is 15.6. The Morgan fingerprint density at radius 2 is 2.19 bits per heavy atom. The maximum absolute atomic E-state index is 12.3. The Labute approximate surface area is 133 Å². The Morgan fingerprint density at radius 1 is 1.48 bits per heavy atom. The molecule has 1 aromatic carbocycles. The average Bonchev–Trinajstić information content (AvgIpc) is 2.95. The number of nitrogens with two attached hydrogens (primary N) is 1. The molecule has 21 heavy (non-hydrogen) atoms. The Kier molecular flexibility index (Phi) is 4.88. The highest BCUT2D eigenvalue weighted by Crippen LogP contribution is 2.26. The van der Waals surface area contributed by atoms with Crippen molar-refractivity contribution in [1.29, 1.82) is 0 Å². The third-order valence-electron chi connectivity index (χ3n) is 3.12. The van der Waals surface area contributed by atoms with Crippen LogP contribution in [0.3, 0.4) is 0 Å². The summed E-state index contributed by atoms with van der Waals surface area (Å²) in [6, 6.07) is 2.82. The lowest BCUT2D eigenvalue weighted by Crippen LogP contribution is -2.27. The summed E-state index contributed by atoms with van der Waals surface area (Å²) in [6.45, 7) is 3.92. The molecule has 1 unspecified atom stereocenters. The van der Waals surface area contributed by atoms with Gasteiger partial charge in [-0.1, -0.05) is 18.5 Å². The Bertz CT molecular complexity index is 707. The van der Waals surface area contributed by atoms with Gasteiger partial charge in [0.2, 0.25) is 10.0 Å². The molecule has 0 bridgehead atoms. The standard InChI is InChI=1S/C13H16ClN3O2S2/c1-8(13-16-3-4-20-13)7-17-21(18,19)10-5-11(14)9(2)12(15)6-10/h3-6,8,17H,7,15H2,1-2H3. The number of benzene rings is 1. The average molecular weight is 346 g/mol. The predicted molar refractivity (Wildman–Crippen MR) is 86.3 cm³/mol. The van der Waals surface area contributed by atoms with Crippen molar-refractivity contribution >= 4 is 38.6 Å². The van der Waals surface area contributed by atoms with E-state index in [-0.39, 0.29) is 17.4 Å². The minimum Gasteiger partial charge on any atom is -0.398 e. The van der Waals surface area contributed by atoms with Gasteiger partial charge >= 0.3 is 0 Å². The van der Waals surface area contributed by atoms with Gasteiger partial charge in [0.1, 0.15) is 0 Å². The second-order valence-electron chi connectivity index (χ2n) is 4.74. The molecule has 0 saturated heterocycles. The van der Waals surface area contributed by atoms with Crippen LogP contribution in [0.1, 0.15) is 23.4 Å². The number of thiazole rings is 1. The minimum absolute atomic E-state index is 0.00181. The number of nitrogens with zero attached hydrogens (tertiary/aromatic N) is 1. The fourth-order valence-corrected chi connectivity index (χ4v) is 3.89. The maximum Gasteiger partial charge on any atom is 0.240 e. The lowest BCUT2D eigenvalue weighted by molar-refractivity contribution is 0.574. The lowest BCUT2D eigenvalue weighted by Gasteiger charge is -2.12. The highest BCUT2D eigenvalue weighted by Gasteiger charge is 2.18. The van der Waals surface area contributed by atoms with Crippen LogP contribution in [-0.2, 0) is 10.0 Å². The molecule has 2 rings (SSSR count). The third-order valence-corrected chi connectivity index (χ3v) is 5.92. The fourth-order valence-electron chi connectivity index (χ4n) is 1.71. The maximum atomic E-state index is 12.3. The van der Waals surface area contributed by atoms with E-state index in [0.29, 0.717) is 16.3 Å². The number of halogens is 1. The van der Waals surface area contributed by atoms with Crippen molar-refractivity contribution in [3.63, 3.8) is 0 Å². The summed E-state index contributed by atoms with van der Waals surface area (Å²) in [7, 11) is -3.65. The summed E-state index contributed by atoms with van der Waals surface area (Å²) in [5.74, 6) is -0.00181. The van der Waals surface area contributed by atoms with E-state index in [0.717, 1.165) is 5.01 Å². The minimum atomic E-state index is -3.65.